The molecule has 3 amide bonds. The maximum atomic E-state index is 12.4. The molecule has 0 bridgehead atoms. The van der Waals surface area contributed by atoms with Crippen molar-refractivity contribution < 1.29 is 38.8 Å². The summed E-state index contributed by atoms with van der Waals surface area (Å²) in [7, 11) is 0. The fraction of sp³-hybridized carbons (Fsp3) is 0.710. The highest BCUT2D eigenvalue weighted by Gasteiger charge is 2.58. The first kappa shape index (κ1) is 33.9. The Balaban J connectivity index is 1.48. The van der Waals surface area contributed by atoms with Crippen LogP contribution in [0.15, 0.2) is 36.0 Å². The van der Waals surface area contributed by atoms with Gasteiger partial charge in [0.25, 0.3) is 0 Å². The van der Waals surface area contributed by atoms with Crippen LogP contribution in [-0.2, 0) is 28.6 Å². The third-order valence-electron chi connectivity index (χ3n) is 8.08. The second kappa shape index (κ2) is 15.8. The molecular formula is C31H49N3O8. The van der Waals surface area contributed by atoms with Crippen molar-refractivity contribution in [3.63, 3.8) is 0 Å². The number of hydrogen-bond donors (Lipinski definition) is 5. The summed E-state index contributed by atoms with van der Waals surface area (Å²) >= 11 is 0. The zero-order chi connectivity index (χ0) is 30.9. The molecule has 42 heavy (non-hydrogen) atoms. The van der Waals surface area contributed by atoms with Crippen LogP contribution in [-0.4, -0.2) is 95.9 Å². The summed E-state index contributed by atoms with van der Waals surface area (Å²) in [5.74, 6) is -0.252. The van der Waals surface area contributed by atoms with Crippen LogP contribution in [0.3, 0.4) is 0 Å². The van der Waals surface area contributed by atoms with Gasteiger partial charge in [-0.25, -0.2) is 0 Å². The predicted molar refractivity (Wildman–Crippen MR) is 157 cm³/mol. The summed E-state index contributed by atoms with van der Waals surface area (Å²) in [6.07, 6.45) is 8.46. The molecule has 3 heterocycles. The van der Waals surface area contributed by atoms with Gasteiger partial charge in [0.1, 0.15) is 17.8 Å². The summed E-state index contributed by atoms with van der Waals surface area (Å²) in [4.78, 5) is 35.9. The monoisotopic (exact) mass is 591 g/mol. The Labute approximate surface area is 249 Å². The third-order valence-corrected chi connectivity index (χ3v) is 8.08. The first-order valence-electron chi connectivity index (χ1n) is 15.1. The van der Waals surface area contributed by atoms with E-state index >= 15 is 0 Å². The predicted octanol–water partition coefficient (Wildman–Crippen LogP) is 1.43. The summed E-state index contributed by atoms with van der Waals surface area (Å²) < 4.78 is 18.0. The van der Waals surface area contributed by atoms with E-state index < -0.39 is 30.0 Å². The molecule has 9 atom stereocenters. The van der Waals surface area contributed by atoms with Crippen molar-refractivity contribution >= 4 is 17.7 Å². The number of aliphatic hydroxyl groups excluding tert-OH is 2. The molecule has 0 aromatic heterocycles. The zero-order valence-electron chi connectivity index (χ0n) is 25.5. The summed E-state index contributed by atoms with van der Waals surface area (Å²) in [5.41, 5.74) is 0.317. The number of rotatable bonds is 13. The number of aliphatic hydroxyl groups is 2. The summed E-state index contributed by atoms with van der Waals surface area (Å²) in [5, 5.41) is 28.7. The van der Waals surface area contributed by atoms with Gasteiger partial charge in [-0.1, -0.05) is 43.7 Å². The van der Waals surface area contributed by atoms with E-state index in [1.165, 1.54) is 12.2 Å². The first-order valence-corrected chi connectivity index (χ1v) is 15.1. The van der Waals surface area contributed by atoms with Crippen molar-refractivity contribution in [2.24, 2.45) is 5.92 Å². The van der Waals surface area contributed by atoms with E-state index in [1.54, 1.807) is 13.8 Å². The number of ether oxygens (including phenoxy) is 3. The van der Waals surface area contributed by atoms with Gasteiger partial charge >= 0.3 is 0 Å². The van der Waals surface area contributed by atoms with Gasteiger partial charge in [-0.15, -0.1) is 0 Å². The van der Waals surface area contributed by atoms with Crippen molar-refractivity contribution in [1.82, 2.24) is 16.0 Å². The van der Waals surface area contributed by atoms with E-state index in [-0.39, 0.29) is 48.3 Å². The van der Waals surface area contributed by atoms with Crippen LogP contribution in [0.1, 0.15) is 66.7 Å². The molecule has 1 spiro atoms. The standard InChI is InChI=1S/C31H49N3O8/c1-6-27(36)32-13-14-33-29(38)16-23-17-31(18-40-31)30(39)26(42-23)11-8-19(2)7-10-25-20(3)15-24(22(5)41-25)34-28(37)12-9-21(4)35/h7-9,11-12,20-26,30,35,39H,6,10,13-18H2,1-5H3,(H,32,36)(H,33,38)(H,34,37)/b11-8+,12-9-,19-7+/t20?,21?,22?,23-,24?,25+,26-,30-,31?/m1/s1. The van der Waals surface area contributed by atoms with Crippen molar-refractivity contribution in [1.29, 1.82) is 0 Å². The highest BCUT2D eigenvalue weighted by atomic mass is 16.6. The van der Waals surface area contributed by atoms with Gasteiger partial charge in [-0.2, -0.15) is 0 Å². The third kappa shape index (κ3) is 10.3. The fourth-order valence-electron chi connectivity index (χ4n) is 5.40. The molecule has 3 aliphatic heterocycles. The second-order valence-electron chi connectivity index (χ2n) is 11.8. The normalized spacial score (nSPS) is 34.0. The van der Waals surface area contributed by atoms with Crippen LogP contribution < -0.4 is 16.0 Å². The maximum Gasteiger partial charge on any atom is 0.244 e. The van der Waals surface area contributed by atoms with Gasteiger partial charge in [0.15, 0.2) is 0 Å². The number of epoxide rings is 1. The van der Waals surface area contributed by atoms with Crippen LogP contribution in [0, 0.1) is 5.92 Å². The number of amides is 3. The molecular weight excluding hydrogens is 542 g/mol. The van der Waals surface area contributed by atoms with E-state index in [2.05, 4.69) is 29.0 Å². The molecule has 3 saturated heterocycles. The van der Waals surface area contributed by atoms with Crippen molar-refractivity contribution in [2.75, 3.05) is 19.7 Å². The molecule has 0 saturated carbocycles. The highest BCUT2D eigenvalue weighted by molar-refractivity contribution is 5.87. The lowest BCUT2D eigenvalue weighted by Crippen LogP contribution is -2.51. The lowest BCUT2D eigenvalue weighted by molar-refractivity contribution is -0.145. The number of allylic oxidation sites excluding steroid dienone is 2. The second-order valence-corrected chi connectivity index (χ2v) is 11.8. The highest BCUT2D eigenvalue weighted by Crippen LogP contribution is 2.43. The summed E-state index contributed by atoms with van der Waals surface area (Å²) in [6.45, 7) is 10.6. The minimum atomic E-state index is -0.824. The van der Waals surface area contributed by atoms with E-state index in [4.69, 9.17) is 14.2 Å². The smallest absolute Gasteiger partial charge is 0.244 e. The number of hydrogen-bond acceptors (Lipinski definition) is 8. The lowest BCUT2D eigenvalue weighted by Gasteiger charge is -2.39. The molecule has 3 fully saturated rings. The maximum absolute atomic E-state index is 12.4. The van der Waals surface area contributed by atoms with E-state index in [0.717, 1.165) is 12.0 Å². The van der Waals surface area contributed by atoms with Gasteiger partial charge in [0, 0.05) is 32.0 Å². The molecule has 0 aromatic carbocycles. The molecule has 0 aromatic rings. The lowest BCUT2D eigenvalue weighted by atomic mass is 9.87. The van der Waals surface area contributed by atoms with Crippen molar-refractivity contribution in [3.8, 4) is 0 Å². The molecule has 5 N–H and O–H groups in total. The van der Waals surface area contributed by atoms with Gasteiger partial charge in [0.2, 0.25) is 17.7 Å². The molecule has 5 unspecified atom stereocenters. The number of carbonyl (C=O) groups excluding carboxylic acids is 3. The van der Waals surface area contributed by atoms with E-state index in [0.29, 0.717) is 39.0 Å². The first-order chi connectivity index (χ1) is 19.9. The molecule has 11 heteroatoms. The van der Waals surface area contributed by atoms with Crippen LogP contribution in [0.4, 0.5) is 0 Å². The quantitative estimate of drug-likeness (QED) is 0.0932. The zero-order valence-corrected chi connectivity index (χ0v) is 25.5. The molecule has 3 rings (SSSR count). The largest absolute Gasteiger partial charge is 0.389 e. The summed E-state index contributed by atoms with van der Waals surface area (Å²) in [6, 6.07) is -0.105. The van der Waals surface area contributed by atoms with Crippen LogP contribution in [0.2, 0.25) is 0 Å². The minimum absolute atomic E-state index is 0.00217. The Hall–Kier alpha value is -2.57. The average Bonchev–Trinajstić information content (AvgIpc) is 3.71. The molecule has 236 valence electrons. The van der Waals surface area contributed by atoms with Gasteiger partial charge < -0.3 is 40.4 Å². The number of nitrogens with one attached hydrogen (secondary N) is 3. The fourth-order valence-corrected chi connectivity index (χ4v) is 5.40. The van der Waals surface area contributed by atoms with E-state index in [1.807, 2.05) is 26.0 Å². The topological polar surface area (TPSA) is 159 Å². The molecule has 3 aliphatic rings. The van der Waals surface area contributed by atoms with E-state index in [9.17, 15) is 24.6 Å². The van der Waals surface area contributed by atoms with Crippen LogP contribution in [0.5, 0.6) is 0 Å². The number of carbonyl (C=O) groups is 3. The van der Waals surface area contributed by atoms with Crippen molar-refractivity contribution in [2.45, 2.75) is 115 Å². The Bertz CT molecular complexity index is 1020. The SMILES string of the molecule is CCC(=O)NCCNC(=O)C[C@@H]1CC2(CO2)[C@H](O)[C@@H](/C=C/C(C)=C/C[C@@H]2OC(C)C(NC(=O)/C=C\C(C)O)CC2C)O1. The minimum Gasteiger partial charge on any atom is -0.389 e. The van der Waals surface area contributed by atoms with Crippen LogP contribution in [0.25, 0.3) is 0 Å². The molecule has 0 aliphatic carbocycles. The van der Waals surface area contributed by atoms with Gasteiger partial charge in [-0.05, 0) is 39.5 Å². The van der Waals surface area contributed by atoms with Crippen LogP contribution >= 0.6 is 0 Å². The Morgan fingerprint density at radius 2 is 1.79 bits per heavy atom. The molecule has 0 radical (unpaired) electrons. The van der Waals surface area contributed by atoms with Gasteiger partial charge in [0.05, 0.1) is 43.5 Å². The molecule has 11 nitrogen and oxygen atoms in total. The Morgan fingerprint density at radius 1 is 1.10 bits per heavy atom. The average molecular weight is 592 g/mol. The van der Waals surface area contributed by atoms with Crippen molar-refractivity contribution in [3.05, 3.63) is 36.0 Å². The Morgan fingerprint density at radius 3 is 2.43 bits per heavy atom. The van der Waals surface area contributed by atoms with Gasteiger partial charge in [-0.3, -0.25) is 14.4 Å². The Kier molecular flexibility index (Phi) is 12.7.